The Morgan fingerprint density at radius 3 is 2.00 bits per heavy atom. The molecular weight excluding hydrogens is 709 g/mol. The van der Waals surface area contributed by atoms with Crippen molar-refractivity contribution in [3.8, 4) is 0 Å². The minimum atomic E-state index is -0.806. The van der Waals surface area contributed by atoms with Gasteiger partial charge >= 0.3 is 6.03 Å². The Balaban J connectivity index is 0.00000224. The van der Waals surface area contributed by atoms with Gasteiger partial charge in [0.05, 0.1) is 5.56 Å². The zero-order chi connectivity index (χ0) is 42.3. The van der Waals surface area contributed by atoms with E-state index in [0.717, 1.165) is 103 Å². The minimum absolute atomic E-state index is 0.244. The SMILES string of the molecule is C/C=C\CC.CC.CC.CCCC(C(=O)NC=O)N(C)C(=O)c1cc(N2CCN(CCCC3CCN(C(=O)N4CCCCC4)CC3)CC2)ccc1C=O.CNN. The summed E-state index contributed by atoms with van der Waals surface area (Å²) in [5.41, 5.74) is 3.66. The number of nitrogens with one attached hydrogen (secondary N) is 2. The summed E-state index contributed by atoms with van der Waals surface area (Å²) in [7, 11) is 3.19. The van der Waals surface area contributed by atoms with E-state index >= 15 is 0 Å². The van der Waals surface area contributed by atoms with Crippen molar-refractivity contribution in [3.05, 3.63) is 41.5 Å². The lowest BCUT2D eigenvalue weighted by Crippen LogP contribution is -2.48. The molecule has 3 aliphatic heterocycles. The second kappa shape index (κ2) is 32.3. The maximum absolute atomic E-state index is 13.5. The third-order valence-corrected chi connectivity index (χ3v) is 10.1. The van der Waals surface area contributed by atoms with Gasteiger partial charge in [0.15, 0.2) is 6.29 Å². The number of rotatable bonds is 13. The fourth-order valence-corrected chi connectivity index (χ4v) is 7.06. The number of hydrogen-bond acceptors (Lipinski definition) is 9. The summed E-state index contributed by atoms with van der Waals surface area (Å²) in [6.07, 6.45) is 15.4. The van der Waals surface area contributed by atoms with Gasteiger partial charge in [-0.05, 0) is 102 Å². The molecule has 56 heavy (non-hydrogen) atoms. The summed E-state index contributed by atoms with van der Waals surface area (Å²) in [5.74, 6) is 4.33. The Kier molecular flexibility index (Phi) is 30.1. The van der Waals surface area contributed by atoms with Gasteiger partial charge in [-0.1, -0.05) is 60.1 Å². The van der Waals surface area contributed by atoms with Gasteiger partial charge in [0, 0.05) is 70.7 Å². The first kappa shape index (κ1) is 52.2. The van der Waals surface area contributed by atoms with E-state index in [0.29, 0.717) is 31.5 Å². The topological polar surface area (TPSA) is 152 Å². The van der Waals surface area contributed by atoms with Gasteiger partial charge in [0.25, 0.3) is 5.91 Å². The molecule has 3 heterocycles. The monoisotopic (exact) mass is 787 g/mol. The van der Waals surface area contributed by atoms with Crippen molar-refractivity contribution in [2.24, 2.45) is 11.8 Å². The molecule has 3 saturated heterocycles. The number of carbonyl (C=O) groups is 5. The number of piperazine rings is 1. The highest BCUT2D eigenvalue weighted by Gasteiger charge is 2.30. The molecule has 1 atom stereocenters. The number of anilines is 1. The first-order valence-electron chi connectivity index (χ1n) is 21.3. The summed E-state index contributed by atoms with van der Waals surface area (Å²) in [4.78, 5) is 71.5. The number of amides is 5. The Hall–Kier alpha value is -3.81. The Labute approximate surface area is 339 Å². The van der Waals surface area contributed by atoms with E-state index in [4.69, 9.17) is 0 Å². The van der Waals surface area contributed by atoms with Crippen LogP contribution in [0, 0.1) is 5.92 Å². The molecule has 1 aromatic carbocycles. The van der Waals surface area contributed by atoms with Gasteiger partial charge in [-0.15, -0.1) is 0 Å². The van der Waals surface area contributed by atoms with Crippen LogP contribution in [-0.2, 0) is 9.59 Å². The summed E-state index contributed by atoms with van der Waals surface area (Å²) in [5, 5.41) is 2.15. The third kappa shape index (κ3) is 18.4. The molecule has 0 aliphatic carbocycles. The van der Waals surface area contributed by atoms with Crippen LogP contribution in [0.25, 0.3) is 0 Å². The molecule has 5 amide bonds. The standard InChI is InChI=1S/C33H50N6O5.C5H10.2C2H6.CH6N2/c1-3-8-30(31(42)34-25-41)35(2)32(43)29-23-28(11-10-27(29)24-40)37-21-19-36(20-22-37)14-7-9-26-12-17-39(18-13-26)33(44)38-15-5-4-6-16-38;1-3-5-4-2;2*1-2;1-3-2/h10-11,23-26,30H,3-9,12-22H2,1-2H3,(H,34,41,42);3,5H,4H2,1-2H3;2*1-2H3;3H,2H2,1H3/b;5-3-;;;. The second-order valence-electron chi connectivity index (χ2n) is 13.7. The highest BCUT2D eigenvalue weighted by atomic mass is 16.2. The number of hydrazine groups is 1. The molecule has 4 rings (SSSR count). The molecule has 320 valence electrons. The van der Waals surface area contributed by atoms with Crippen molar-refractivity contribution in [2.75, 3.05) is 77.9 Å². The summed E-state index contributed by atoms with van der Waals surface area (Å²) < 4.78 is 0. The highest BCUT2D eigenvalue weighted by Crippen LogP contribution is 2.25. The number of benzene rings is 1. The molecule has 1 unspecified atom stereocenters. The predicted octanol–water partition coefficient (Wildman–Crippen LogP) is 6.34. The molecule has 0 saturated carbocycles. The van der Waals surface area contributed by atoms with Crippen LogP contribution in [0.3, 0.4) is 0 Å². The number of imide groups is 1. The van der Waals surface area contributed by atoms with Crippen LogP contribution in [0.2, 0.25) is 0 Å². The van der Waals surface area contributed by atoms with Gasteiger partial charge < -0.3 is 19.6 Å². The van der Waals surface area contributed by atoms with E-state index in [1.54, 1.807) is 19.2 Å². The predicted molar refractivity (Wildman–Crippen MR) is 231 cm³/mol. The van der Waals surface area contributed by atoms with E-state index < -0.39 is 17.9 Å². The lowest BCUT2D eigenvalue weighted by atomic mass is 9.92. The van der Waals surface area contributed by atoms with Crippen LogP contribution in [-0.4, -0.2) is 129 Å². The molecule has 13 heteroatoms. The second-order valence-corrected chi connectivity index (χ2v) is 13.7. The molecule has 0 bridgehead atoms. The first-order valence-corrected chi connectivity index (χ1v) is 21.3. The molecule has 13 nitrogen and oxygen atoms in total. The molecular formula is C43H78N8O5. The number of likely N-dealkylation sites (tertiary alicyclic amines) is 2. The lowest BCUT2D eigenvalue weighted by molar-refractivity contribution is -0.128. The number of piperidine rings is 2. The average molecular weight is 787 g/mol. The van der Waals surface area contributed by atoms with Crippen molar-refractivity contribution < 1.29 is 24.0 Å². The van der Waals surface area contributed by atoms with Crippen molar-refractivity contribution in [2.45, 2.75) is 119 Å². The Bertz CT molecular complexity index is 1260. The molecule has 4 N–H and O–H groups in total. The summed E-state index contributed by atoms with van der Waals surface area (Å²) in [6.45, 7) is 22.2. The number of nitrogens with zero attached hydrogens (tertiary/aromatic N) is 5. The summed E-state index contributed by atoms with van der Waals surface area (Å²) in [6, 6.07) is 4.73. The van der Waals surface area contributed by atoms with Crippen LogP contribution in [0.5, 0.6) is 0 Å². The van der Waals surface area contributed by atoms with E-state index in [1.807, 2.05) is 52.5 Å². The number of hydrogen-bond donors (Lipinski definition) is 3. The van der Waals surface area contributed by atoms with Gasteiger partial charge in [0.1, 0.15) is 6.04 Å². The number of likely N-dealkylation sites (N-methyl/N-ethyl adjacent to an activating group) is 1. The number of aldehydes is 1. The zero-order valence-electron chi connectivity index (χ0n) is 36.5. The Morgan fingerprint density at radius 1 is 0.911 bits per heavy atom. The maximum Gasteiger partial charge on any atom is 0.319 e. The zero-order valence-corrected chi connectivity index (χ0v) is 36.5. The van der Waals surface area contributed by atoms with Crippen molar-refractivity contribution in [1.29, 1.82) is 0 Å². The molecule has 1 aromatic rings. The van der Waals surface area contributed by atoms with Crippen LogP contribution < -0.4 is 21.5 Å². The average Bonchev–Trinajstić information content (AvgIpc) is 3.25. The van der Waals surface area contributed by atoms with Gasteiger partial charge in [0.2, 0.25) is 12.3 Å². The molecule has 0 aromatic heterocycles. The number of urea groups is 1. The fraction of sp³-hybridized carbons (Fsp3) is 0.698. The van der Waals surface area contributed by atoms with E-state index in [2.05, 4.69) is 50.4 Å². The fourth-order valence-electron chi connectivity index (χ4n) is 7.06. The number of carbonyl (C=O) groups excluding carboxylic acids is 5. The van der Waals surface area contributed by atoms with Crippen LogP contribution in [0.1, 0.15) is 133 Å². The van der Waals surface area contributed by atoms with Gasteiger partial charge in [-0.25, -0.2) is 4.79 Å². The van der Waals surface area contributed by atoms with Crippen LogP contribution in [0.15, 0.2) is 30.4 Å². The normalized spacial score (nSPS) is 16.3. The molecule has 3 fully saturated rings. The van der Waals surface area contributed by atoms with E-state index in [-0.39, 0.29) is 17.2 Å². The van der Waals surface area contributed by atoms with E-state index in [1.165, 1.54) is 24.8 Å². The first-order chi connectivity index (χ1) is 27.2. The molecule has 0 spiro atoms. The van der Waals surface area contributed by atoms with E-state index in [9.17, 15) is 24.0 Å². The minimum Gasteiger partial charge on any atom is -0.369 e. The smallest absolute Gasteiger partial charge is 0.319 e. The van der Waals surface area contributed by atoms with Gasteiger partial charge in [-0.3, -0.25) is 40.7 Å². The Morgan fingerprint density at radius 2 is 1.50 bits per heavy atom. The summed E-state index contributed by atoms with van der Waals surface area (Å²) >= 11 is 0. The van der Waals surface area contributed by atoms with Gasteiger partial charge in [-0.2, -0.15) is 0 Å². The van der Waals surface area contributed by atoms with Crippen molar-refractivity contribution >= 4 is 36.2 Å². The van der Waals surface area contributed by atoms with Crippen molar-refractivity contribution in [1.82, 2.24) is 30.3 Å². The largest absolute Gasteiger partial charge is 0.369 e. The lowest BCUT2D eigenvalue weighted by Gasteiger charge is -2.38. The number of nitrogens with two attached hydrogens (primary N) is 1. The van der Waals surface area contributed by atoms with Crippen molar-refractivity contribution in [3.63, 3.8) is 0 Å². The molecule has 3 aliphatic rings. The highest BCUT2D eigenvalue weighted by molar-refractivity contribution is 6.04. The van der Waals surface area contributed by atoms with Crippen LogP contribution in [0.4, 0.5) is 10.5 Å². The maximum atomic E-state index is 13.5. The molecule has 0 radical (unpaired) electrons. The number of allylic oxidation sites excluding steroid dienone is 2. The van der Waals surface area contributed by atoms with Crippen LogP contribution >= 0.6 is 0 Å². The third-order valence-electron chi connectivity index (χ3n) is 10.1. The quantitative estimate of drug-likeness (QED) is 0.0901.